The van der Waals surface area contributed by atoms with Crippen LogP contribution in [-0.4, -0.2) is 10.9 Å². The van der Waals surface area contributed by atoms with Crippen molar-refractivity contribution in [2.24, 2.45) is 0 Å². The van der Waals surface area contributed by atoms with E-state index >= 15 is 0 Å². The number of thiazole rings is 1. The molecular formula is C17H12ClFN2OS. The van der Waals surface area contributed by atoms with Crippen LogP contribution in [0.4, 0.5) is 4.39 Å². The summed E-state index contributed by atoms with van der Waals surface area (Å²) in [7, 11) is 0. The molecule has 1 N–H and O–H groups in total. The van der Waals surface area contributed by atoms with Crippen molar-refractivity contribution < 1.29 is 9.18 Å². The van der Waals surface area contributed by atoms with E-state index in [9.17, 15) is 9.18 Å². The zero-order valence-corrected chi connectivity index (χ0v) is 13.5. The second-order valence-corrected chi connectivity index (χ2v) is 6.20. The Balaban J connectivity index is 1.64. The molecule has 1 heterocycles. The Kier molecular flexibility index (Phi) is 4.69. The standard InChI is InChI=1S/C17H12ClFN2OS/c18-13-5-1-11(2-6-13)15-10-23-16(21-15)9-20-17(22)12-3-7-14(19)8-4-12/h1-8,10H,9H2,(H,20,22). The largest absolute Gasteiger partial charge is 0.346 e. The smallest absolute Gasteiger partial charge is 0.251 e. The number of nitrogens with one attached hydrogen (secondary N) is 1. The molecule has 0 saturated carbocycles. The van der Waals surface area contributed by atoms with E-state index in [0.717, 1.165) is 16.3 Å². The van der Waals surface area contributed by atoms with Crippen LogP contribution in [0.15, 0.2) is 53.9 Å². The molecule has 1 amide bonds. The molecule has 0 atom stereocenters. The number of rotatable bonds is 4. The Morgan fingerprint density at radius 2 is 1.83 bits per heavy atom. The summed E-state index contributed by atoms with van der Waals surface area (Å²) in [5, 5.41) is 6.18. The molecule has 0 fully saturated rings. The number of benzene rings is 2. The fourth-order valence-corrected chi connectivity index (χ4v) is 2.87. The number of amides is 1. The van der Waals surface area contributed by atoms with Gasteiger partial charge in [-0.25, -0.2) is 9.37 Å². The van der Waals surface area contributed by atoms with Crippen molar-refractivity contribution in [1.29, 1.82) is 0 Å². The summed E-state index contributed by atoms with van der Waals surface area (Å²) < 4.78 is 12.8. The van der Waals surface area contributed by atoms with Crippen LogP contribution < -0.4 is 5.32 Å². The molecule has 0 aliphatic heterocycles. The van der Waals surface area contributed by atoms with Crippen molar-refractivity contribution in [2.75, 3.05) is 0 Å². The zero-order chi connectivity index (χ0) is 16.2. The molecule has 23 heavy (non-hydrogen) atoms. The van der Waals surface area contributed by atoms with Gasteiger partial charge in [-0.2, -0.15) is 0 Å². The number of hydrogen-bond donors (Lipinski definition) is 1. The first kappa shape index (κ1) is 15.6. The average molecular weight is 347 g/mol. The Labute approximate surface area is 141 Å². The lowest BCUT2D eigenvalue weighted by atomic mass is 10.2. The van der Waals surface area contributed by atoms with Gasteiger partial charge in [0.2, 0.25) is 0 Å². The highest BCUT2D eigenvalue weighted by Crippen LogP contribution is 2.23. The molecule has 0 radical (unpaired) electrons. The summed E-state index contributed by atoms with van der Waals surface area (Å²) in [6.45, 7) is 0.328. The monoisotopic (exact) mass is 346 g/mol. The second kappa shape index (κ2) is 6.89. The van der Waals surface area contributed by atoms with Crippen molar-refractivity contribution in [3.05, 3.63) is 75.3 Å². The maximum atomic E-state index is 12.8. The molecule has 3 rings (SSSR count). The van der Waals surface area contributed by atoms with Gasteiger partial charge in [0.25, 0.3) is 5.91 Å². The van der Waals surface area contributed by atoms with Gasteiger partial charge in [0, 0.05) is 21.5 Å². The minimum absolute atomic E-state index is 0.256. The highest BCUT2D eigenvalue weighted by molar-refractivity contribution is 7.09. The Morgan fingerprint density at radius 3 is 2.52 bits per heavy atom. The molecule has 3 aromatic rings. The van der Waals surface area contributed by atoms with Gasteiger partial charge in [-0.05, 0) is 36.4 Å². The first-order valence-electron chi connectivity index (χ1n) is 6.86. The van der Waals surface area contributed by atoms with Gasteiger partial charge in [0.1, 0.15) is 10.8 Å². The molecule has 1 aromatic heterocycles. The van der Waals surface area contributed by atoms with E-state index in [1.807, 2.05) is 29.6 Å². The predicted octanol–water partition coefficient (Wildman–Crippen LogP) is 4.53. The molecule has 6 heteroatoms. The highest BCUT2D eigenvalue weighted by atomic mass is 35.5. The topological polar surface area (TPSA) is 42.0 Å². The molecule has 0 aliphatic rings. The van der Waals surface area contributed by atoms with Crippen LogP contribution in [0.3, 0.4) is 0 Å². The van der Waals surface area contributed by atoms with Crippen molar-refractivity contribution in [2.45, 2.75) is 6.54 Å². The van der Waals surface area contributed by atoms with Crippen LogP contribution in [0.1, 0.15) is 15.4 Å². The minimum Gasteiger partial charge on any atom is -0.346 e. The molecule has 3 nitrogen and oxygen atoms in total. The molecule has 0 aliphatic carbocycles. The van der Waals surface area contributed by atoms with Gasteiger partial charge in [0.15, 0.2) is 0 Å². The van der Waals surface area contributed by atoms with E-state index < -0.39 is 0 Å². The zero-order valence-electron chi connectivity index (χ0n) is 11.9. The minimum atomic E-state index is -0.367. The van der Waals surface area contributed by atoms with Crippen molar-refractivity contribution in [1.82, 2.24) is 10.3 Å². The number of carbonyl (C=O) groups excluding carboxylic acids is 1. The van der Waals surface area contributed by atoms with Crippen molar-refractivity contribution >= 4 is 28.8 Å². The fraction of sp³-hybridized carbons (Fsp3) is 0.0588. The third-order valence-electron chi connectivity index (χ3n) is 3.20. The van der Waals surface area contributed by atoms with Crippen molar-refractivity contribution in [3.63, 3.8) is 0 Å². The summed E-state index contributed by atoms with van der Waals surface area (Å²) in [4.78, 5) is 16.5. The second-order valence-electron chi connectivity index (χ2n) is 4.82. The normalized spacial score (nSPS) is 10.5. The number of nitrogens with zero attached hydrogens (tertiary/aromatic N) is 1. The van der Waals surface area contributed by atoms with E-state index in [0.29, 0.717) is 17.1 Å². The molecule has 116 valence electrons. The quantitative estimate of drug-likeness (QED) is 0.754. The summed E-state index contributed by atoms with van der Waals surface area (Å²) in [5.41, 5.74) is 2.24. The average Bonchev–Trinajstić information content (AvgIpc) is 3.03. The lowest BCUT2D eigenvalue weighted by Crippen LogP contribution is -2.22. The SMILES string of the molecule is O=C(NCc1nc(-c2ccc(Cl)cc2)cs1)c1ccc(F)cc1. The highest BCUT2D eigenvalue weighted by Gasteiger charge is 2.08. The predicted molar refractivity (Wildman–Crippen MR) is 90.1 cm³/mol. The van der Waals surface area contributed by atoms with Crippen LogP contribution in [0.5, 0.6) is 0 Å². The maximum Gasteiger partial charge on any atom is 0.251 e. The molecule has 0 saturated heterocycles. The molecule has 0 bridgehead atoms. The molecule has 0 unspecified atom stereocenters. The third kappa shape index (κ3) is 3.94. The van der Waals surface area contributed by atoms with Crippen LogP contribution in [0.2, 0.25) is 5.02 Å². The molecular weight excluding hydrogens is 335 g/mol. The molecule has 0 spiro atoms. The van der Waals surface area contributed by atoms with E-state index in [-0.39, 0.29) is 11.7 Å². The Bertz CT molecular complexity index is 815. The van der Waals surface area contributed by atoms with Gasteiger partial charge >= 0.3 is 0 Å². The number of halogens is 2. The lowest BCUT2D eigenvalue weighted by Gasteiger charge is -2.03. The number of hydrogen-bond acceptors (Lipinski definition) is 3. The van der Waals surface area contributed by atoms with E-state index in [4.69, 9.17) is 11.6 Å². The van der Waals surface area contributed by atoms with Gasteiger partial charge in [0.05, 0.1) is 12.2 Å². The summed E-state index contributed by atoms with van der Waals surface area (Å²) >= 11 is 7.34. The van der Waals surface area contributed by atoms with Crippen LogP contribution in [0.25, 0.3) is 11.3 Å². The molecule has 2 aromatic carbocycles. The third-order valence-corrected chi connectivity index (χ3v) is 4.30. The van der Waals surface area contributed by atoms with Gasteiger partial charge < -0.3 is 5.32 Å². The van der Waals surface area contributed by atoms with Crippen LogP contribution in [0, 0.1) is 5.82 Å². The Morgan fingerprint density at radius 1 is 1.13 bits per heavy atom. The summed E-state index contributed by atoms with van der Waals surface area (Å²) in [5.74, 6) is -0.623. The maximum absolute atomic E-state index is 12.8. The lowest BCUT2D eigenvalue weighted by molar-refractivity contribution is 0.0951. The summed E-state index contributed by atoms with van der Waals surface area (Å²) in [6.07, 6.45) is 0. The first-order valence-corrected chi connectivity index (χ1v) is 8.12. The van der Waals surface area contributed by atoms with Gasteiger partial charge in [-0.15, -0.1) is 11.3 Å². The Hall–Kier alpha value is -2.24. The van der Waals surface area contributed by atoms with E-state index in [1.165, 1.54) is 35.6 Å². The van der Waals surface area contributed by atoms with Crippen molar-refractivity contribution in [3.8, 4) is 11.3 Å². The number of carbonyl (C=O) groups is 1. The van der Waals surface area contributed by atoms with E-state index in [2.05, 4.69) is 10.3 Å². The van der Waals surface area contributed by atoms with Crippen LogP contribution >= 0.6 is 22.9 Å². The van der Waals surface area contributed by atoms with Gasteiger partial charge in [-0.1, -0.05) is 23.7 Å². The first-order chi connectivity index (χ1) is 11.1. The van der Waals surface area contributed by atoms with E-state index in [1.54, 1.807) is 0 Å². The van der Waals surface area contributed by atoms with Gasteiger partial charge in [-0.3, -0.25) is 4.79 Å². The number of aromatic nitrogens is 1. The fourth-order valence-electron chi connectivity index (χ4n) is 2.00. The summed E-state index contributed by atoms with van der Waals surface area (Å²) in [6, 6.07) is 12.8. The van der Waals surface area contributed by atoms with Crippen LogP contribution in [-0.2, 0) is 6.54 Å².